The largest absolute Gasteiger partial charge is 0.261 e. The predicted octanol–water partition coefficient (Wildman–Crippen LogP) is 1.64. The Morgan fingerprint density at radius 1 is 1.59 bits per heavy atom. The Kier molecular flexibility index (Phi) is 5.35. The summed E-state index contributed by atoms with van der Waals surface area (Å²) in [6.07, 6.45) is 1.25. The van der Waals surface area contributed by atoms with E-state index < -0.39 is 20.9 Å². The molecule has 1 unspecified atom stereocenters. The molecule has 0 radical (unpaired) electrons. The van der Waals surface area contributed by atoms with Crippen LogP contribution in [0.2, 0.25) is 0 Å². The highest BCUT2D eigenvalue weighted by molar-refractivity contribution is 7.99. The summed E-state index contributed by atoms with van der Waals surface area (Å²) >= 11 is 1.62. The van der Waals surface area contributed by atoms with Crippen LogP contribution >= 0.6 is 11.8 Å². The summed E-state index contributed by atoms with van der Waals surface area (Å²) < 4.78 is 39.3. The number of sulfonamides is 1. The molecule has 0 bridgehead atoms. The Morgan fingerprint density at radius 3 is 2.88 bits per heavy atom. The van der Waals surface area contributed by atoms with Crippen molar-refractivity contribution in [3.05, 3.63) is 24.1 Å². The number of nitrogens with zero attached hydrogens (tertiary/aromatic N) is 1. The van der Waals surface area contributed by atoms with Crippen LogP contribution in [0, 0.1) is 5.82 Å². The van der Waals surface area contributed by atoms with Gasteiger partial charge in [-0.15, -0.1) is 0 Å². The van der Waals surface area contributed by atoms with Crippen LogP contribution in [0.5, 0.6) is 0 Å². The Labute approximate surface area is 105 Å². The lowest BCUT2D eigenvalue weighted by Gasteiger charge is -2.13. The molecule has 0 aliphatic heterocycles. The van der Waals surface area contributed by atoms with Crippen LogP contribution in [0.4, 0.5) is 4.39 Å². The van der Waals surface area contributed by atoms with Crippen molar-refractivity contribution < 1.29 is 12.8 Å². The predicted molar refractivity (Wildman–Crippen MR) is 67.0 cm³/mol. The molecule has 0 aliphatic rings. The van der Waals surface area contributed by atoms with Gasteiger partial charge in [0.05, 0.1) is 0 Å². The summed E-state index contributed by atoms with van der Waals surface area (Å²) in [6, 6.07) is 2.17. The van der Waals surface area contributed by atoms with E-state index >= 15 is 0 Å². The summed E-state index contributed by atoms with van der Waals surface area (Å²) in [5, 5.41) is -0.548. The van der Waals surface area contributed by atoms with Crippen LogP contribution in [-0.4, -0.2) is 30.9 Å². The zero-order chi connectivity index (χ0) is 12.9. The molecule has 0 aliphatic carbocycles. The second-order valence-electron chi connectivity index (χ2n) is 3.47. The number of hydrogen-bond acceptors (Lipinski definition) is 4. The Bertz CT molecular complexity index is 465. The molecular weight excluding hydrogens is 263 g/mol. The number of pyridine rings is 1. The lowest BCUT2D eigenvalue weighted by atomic mass is 10.4. The van der Waals surface area contributed by atoms with Crippen molar-refractivity contribution in [2.24, 2.45) is 0 Å². The van der Waals surface area contributed by atoms with Crippen molar-refractivity contribution in [3.63, 3.8) is 0 Å². The molecule has 17 heavy (non-hydrogen) atoms. The number of rotatable bonds is 6. The molecule has 0 amide bonds. The summed E-state index contributed by atoms with van der Waals surface area (Å²) in [5.74, 6) is 0.712. The topological polar surface area (TPSA) is 59.1 Å². The monoisotopic (exact) mass is 278 g/mol. The number of thioether (sulfide) groups is 1. The highest BCUT2D eigenvalue weighted by Gasteiger charge is 2.22. The van der Waals surface area contributed by atoms with Gasteiger partial charge in [0, 0.05) is 18.0 Å². The number of hydrogen-bond donors (Lipinski definition) is 1. The van der Waals surface area contributed by atoms with E-state index in [0.717, 1.165) is 11.8 Å². The minimum atomic E-state index is -3.87. The number of aromatic nitrogens is 1. The third kappa shape index (κ3) is 4.25. The van der Waals surface area contributed by atoms with Crippen LogP contribution in [0.25, 0.3) is 0 Å². The summed E-state index contributed by atoms with van der Waals surface area (Å²) in [7, 11) is -3.87. The highest BCUT2D eigenvalue weighted by Crippen LogP contribution is 2.11. The average molecular weight is 278 g/mol. The van der Waals surface area contributed by atoms with Gasteiger partial charge in [-0.3, -0.25) is 0 Å². The summed E-state index contributed by atoms with van der Waals surface area (Å²) in [4.78, 5) is 3.55. The van der Waals surface area contributed by atoms with Gasteiger partial charge in [-0.1, -0.05) is 6.92 Å². The molecule has 0 aromatic carbocycles. The fourth-order valence-electron chi connectivity index (χ4n) is 1.22. The maximum atomic E-state index is 13.3. The Hall–Kier alpha value is -0.660. The van der Waals surface area contributed by atoms with E-state index in [1.165, 1.54) is 12.3 Å². The van der Waals surface area contributed by atoms with E-state index in [9.17, 15) is 12.8 Å². The van der Waals surface area contributed by atoms with E-state index in [0.29, 0.717) is 5.75 Å². The summed E-state index contributed by atoms with van der Waals surface area (Å²) in [6.45, 7) is 3.73. The van der Waals surface area contributed by atoms with Crippen LogP contribution in [0.15, 0.2) is 23.4 Å². The van der Waals surface area contributed by atoms with Gasteiger partial charge in [0.1, 0.15) is 0 Å². The quantitative estimate of drug-likeness (QED) is 0.859. The molecule has 0 saturated heterocycles. The van der Waals surface area contributed by atoms with Crippen molar-refractivity contribution in [1.82, 2.24) is 9.71 Å². The molecule has 1 aromatic heterocycles. The van der Waals surface area contributed by atoms with Crippen LogP contribution in [0.3, 0.4) is 0 Å². The minimum Gasteiger partial charge on any atom is -0.241 e. The van der Waals surface area contributed by atoms with Crippen LogP contribution in [0.1, 0.15) is 13.8 Å². The maximum absolute atomic E-state index is 13.3. The van der Waals surface area contributed by atoms with Gasteiger partial charge in [-0.2, -0.15) is 11.8 Å². The van der Waals surface area contributed by atoms with E-state index in [-0.39, 0.29) is 6.04 Å². The average Bonchev–Trinajstić information content (AvgIpc) is 2.26. The van der Waals surface area contributed by atoms with Gasteiger partial charge in [-0.25, -0.2) is 22.5 Å². The van der Waals surface area contributed by atoms with Gasteiger partial charge in [0.25, 0.3) is 10.0 Å². The van der Waals surface area contributed by atoms with E-state index in [2.05, 4.69) is 9.71 Å². The second kappa shape index (κ2) is 6.32. The van der Waals surface area contributed by atoms with Gasteiger partial charge in [0.2, 0.25) is 5.03 Å². The van der Waals surface area contributed by atoms with E-state index in [1.807, 2.05) is 6.92 Å². The van der Waals surface area contributed by atoms with Crippen molar-refractivity contribution in [1.29, 1.82) is 0 Å². The summed E-state index contributed by atoms with van der Waals surface area (Å²) in [5.41, 5.74) is 0. The first-order valence-corrected chi connectivity index (χ1v) is 7.81. The third-order valence-electron chi connectivity index (χ3n) is 1.91. The first-order valence-electron chi connectivity index (χ1n) is 5.18. The van der Waals surface area contributed by atoms with Gasteiger partial charge >= 0.3 is 0 Å². The lowest BCUT2D eigenvalue weighted by Crippen LogP contribution is -2.35. The normalized spacial score (nSPS) is 13.6. The van der Waals surface area contributed by atoms with Gasteiger partial charge in [0.15, 0.2) is 5.82 Å². The van der Waals surface area contributed by atoms with Crippen LogP contribution in [-0.2, 0) is 10.0 Å². The molecule has 7 heteroatoms. The molecule has 1 heterocycles. The van der Waals surface area contributed by atoms with Gasteiger partial charge < -0.3 is 0 Å². The zero-order valence-electron chi connectivity index (χ0n) is 9.68. The molecule has 1 rings (SSSR count). The molecule has 1 atom stereocenters. The first-order chi connectivity index (χ1) is 7.97. The molecule has 1 aromatic rings. The van der Waals surface area contributed by atoms with E-state index in [1.54, 1.807) is 18.7 Å². The standard InChI is InChI=1S/C10H15FN2O2S2/c1-3-16-7-8(2)13-17(14,15)10-9(11)5-4-6-12-10/h4-6,8,13H,3,7H2,1-2H3. The lowest BCUT2D eigenvalue weighted by molar-refractivity contribution is 0.538. The number of halogens is 1. The minimum absolute atomic E-state index is 0.258. The SMILES string of the molecule is CCSCC(C)NS(=O)(=O)c1ncccc1F. The number of nitrogens with one attached hydrogen (secondary N) is 1. The zero-order valence-corrected chi connectivity index (χ0v) is 11.3. The molecule has 0 saturated carbocycles. The second-order valence-corrected chi connectivity index (χ2v) is 6.42. The fraction of sp³-hybridized carbons (Fsp3) is 0.500. The van der Waals surface area contributed by atoms with Crippen molar-refractivity contribution in [2.75, 3.05) is 11.5 Å². The fourth-order valence-corrected chi connectivity index (χ4v) is 3.25. The molecule has 0 spiro atoms. The van der Waals surface area contributed by atoms with Crippen molar-refractivity contribution in [2.45, 2.75) is 24.9 Å². The molecular formula is C10H15FN2O2S2. The van der Waals surface area contributed by atoms with Crippen LogP contribution < -0.4 is 4.72 Å². The first kappa shape index (κ1) is 14.4. The third-order valence-corrected chi connectivity index (χ3v) is 4.57. The Morgan fingerprint density at radius 2 is 2.29 bits per heavy atom. The van der Waals surface area contributed by atoms with E-state index in [4.69, 9.17) is 0 Å². The molecule has 96 valence electrons. The maximum Gasteiger partial charge on any atom is 0.261 e. The molecule has 4 nitrogen and oxygen atoms in total. The molecule has 0 fully saturated rings. The Balaban J connectivity index is 2.79. The van der Waals surface area contributed by atoms with Crippen molar-refractivity contribution in [3.8, 4) is 0 Å². The van der Waals surface area contributed by atoms with Crippen molar-refractivity contribution >= 4 is 21.8 Å². The smallest absolute Gasteiger partial charge is 0.241 e. The molecule has 1 N–H and O–H groups in total. The highest BCUT2D eigenvalue weighted by atomic mass is 32.2. The van der Waals surface area contributed by atoms with Gasteiger partial charge in [-0.05, 0) is 24.8 Å².